The van der Waals surface area contributed by atoms with Gasteiger partial charge in [-0.05, 0) is 12.0 Å². The van der Waals surface area contributed by atoms with E-state index in [2.05, 4.69) is 17.6 Å². The predicted octanol–water partition coefficient (Wildman–Crippen LogP) is 2.27. The van der Waals surface area contributed by atoms with Crippen LogP contribution in [0.15, 0.2) is 30.3 Å². The number of carboxylic acid groups (broad SMARTS) is 1. The van der Waals surface area contributed by atoms with Crippen LogP contribution in [-0.2, 0) is 20.8 Å². The van der Waals surface area contributed by atoms with Crippen molar-refractivity contribution in [3.63, 3.8) is 0 Å². The monoisotopic (exact) mass is 348 g/mol. The average molecular weight is 348 g/mol. The number of benzene rings is 1. The van der Waals surface area contributed by atoms with E-state index in [1.165, 1.54) is 6.92 Å². The molecule has 1 aromatic carbocycles. The van der Waals surface area contributed by atoms with E-state index in [0.29, 0.717) is 12.8 Å². The fourth-order valence-corrected chi connectivity index (χ4v) is 2.61. The molecule has 25 heavy (non-hydrogen) atoms. The van der Waals surface area contributed by atoms with Crippen LogP contribution in [-0.4, -0.2) is 35.0 Å². The van der Waals surface area contributed by atoms with Crippen LogP contribution in [0.2, 0.25) is 0 Å². The summed E-state index contributed by atoms with van der Waals surface area (Å²) in [5.41, 5.74) is 0.895. The summed E-state index contributed by atoms with van der Waals surface area (Å²) in [6, 6.07) is 7.57. The summed E-state index contributed by atoms with van der Waals surface area (Å²) in [6.07, 6.45) is 4.49. The Balaban J connectivity index is 2.70. The molecular formula is C19H28N2O4. The number of amides is 2. The molecule has 0 radical (unpaired) electrons. The van der Waals surface area contributed by atoms with Crippen LogP contribution >= 0.6 is 0 Å². The molecule has 3 N–H and O–H groups in total. The molecule has 6 heteroatoms. The molecule has 2 amide bonds. The topological polar surface area (TPSA) is 95.5 Å². The maximum Gasteiger partial charge on any atom is 0.326 e. The molecule has 0 heterocycles. The Morgan fingerprint density at radius 3 is 2.24 bits per heavy atom. The fraction of sp³-hybridized carbons (Fsp3) is 0.526. The maximum atomic E-state index is 12.5. The van der Waals surface area contributed by atoms with Crippen molar-refractivity contribution in [2.24, 2.45) is 0 Å². The van der Waals surface area contributed by atoms with E-state index in [-0.39, 0.29) is 5.91 Å². The second-order valence-corrected chi connectivity index (χ2v) is 6.19. The quantitative estimate of drug-likeness (QED) is 0.535. The number of carbonyl (C=O) groups excluding carboxylic acids is 2. The molecule has 2 atom stereocenters. The first-order chi connectivity index (χ1) is 11.9. The molecule has 0 saturated carbocycles. The van der Waals surface area contributed by atoms with Gasteiger partial charge in [-0.25, -0.2) is 4.79 Å². The summed E-state index contributed by atoms with van der Waals surface area (Å²) < 4.78 is 0. The molecule has 138 valence electrons. The number of rotatable bonds is 11. The van der Waals surface area contributed by atoms with Gasteiger partial charge in [-0.1, -0.05) is 62.9 Å². The van der Waals surface area contributed by atoms with E-state index >= 15 is 0 Å². The number of unbranched alkanes of at least 4 members (excludes halogenated alkanes) is 3. The van der Waals surface area contributed by atoms with Gasteiger partial charge in [0.15, 0.2) is 0 Å². The van der Waals surface area contributed by atoms with Crippen molar-refractivity contribution in [3.05, 3.63) is 35.9 Å². The van der Waals surface area contributed by atoms with Gasteiger partial charge in [-0.3, -0.25) is 9.59 Å². The van der Waals surface area contributed by atoms with E-state index in [4.69, 9.17) is 0 Å². The minimum atomic E-state index is -1.05. The molecule has 0 fully saturated rings. The Morgan fingerprint density at radius 1 is 1.00 bits per heavy atom. The Morgan fingerprint density at radius 2 is 1.68 bits per heavy atom. The summed E-state index contributed by atoms with van der Waals surface area (Å²) in [4.78, 5) is 35.3. The van der Waals surface area contributed by atoms with E-state index in [9.17, 15) is 19.5 Å². The lowest BCUT2D eigenvalue weighted by Crippen LogP contribution is -2.52. The van der Waals surface area contributed by atoms with Crippen LogP contribution in [0, 0.1) is 0 Å². The van der Waals surface area contributed by atoms with Crippen molar-refractivity contribution in [2.75, 3.05) is 0 Å². The molecule has 1 rings (SSSR count). The highest BCUT2D eigenvalue weighted by molar-refractivity contribution is 5.90. The zero-order valence-corrected chi connectivity index (χ0v) is 15.0. The average Bonchev–Trinajstić information content (AvgIpc) is 2.57. The number of carbonyl (C=O) groups is 3. The van der Waals surface area contributed by atoms with Crippen LogP contribution in [0.4, 0.5) is 0 Å². The summed E-state index contributed by atoms with van der Waals surface area (Å²) in [5.74, 6) is -1.85. The smallest absolute Gasteiger partial charge is 0.326 e. The third kappa shape index (κ3) is 8.33. The molecule has 0 unspecified atom stereocenters. The third-order valence-electron chi connectivity index (χ3n) is 3.94. The van der Waals surface area contributed by atoms with E-state index in [1.54, 1.807) is 0 Å². The Hall–Kier alpha value is -2.37. The van der Waals surface area contributed by atoms with Crippen LogP contribution in [0.25, 0.3) is 0 Å². The second kappa shape index (κ2) is 11.2. The molecule has 0 aliphatic heterocycles. The fourth-order valence-electron chi connectivity index (χ4n) is 2.61. The van der Waals surface area contributed by atoms with Gasteiger partial charge < -0.3 is 15.7 Å². The number of aliphatic carboxylic acids is 1. The Bertz CT molecular complexity index is 560. The highest BCUT2D eigenvalue weighted by Gasteiger charge is 2.25. The molecular weight excluding hydrogens is 320 g/mol. The molecule has 0 aliphatic rings. The van der Waals surface area contributed by atoms with Crippen molar-refractivity contribution >= 4 is 17.8 Å². The Kier molecular flexibility index (Phi) is 9.29. The van der Waals surface area contributed by atoms with Crippen molar-refractivity contribution < 1.29 is 19.5 Å². The summed E-state index contributed by atoms with van der Waals surface area (Å²) >= 11 is 0. The van der Waals surface area contributed by atoms with Crippen LogP contribution in [0.5, 0.6) is 0 Å². The van der Waals surface area contributed by atoms with Crippen LogP contribution < -0.4 is 10.6 Å². The number of carboxylic acids is 1. The zero-order valence-electron chi connectivity index (χ0n) is 15.0. The summed E-state index contributed by atoms with van der Waals surface area (Å²) in [7, 11) is 0. The van der Waals surface area contributed by atoms with Crippen molar-refractivity contribution in [1.29, 1.82) is 0 Å². The van der Waals surface area contributed by atoms with Crippen LogP contribution in [0.1, 0.15) is 51.5 Å². The summed E-state index contributed by atoms with van der Waals surface area (Å²) in [5, 5.41) is 14.5. The number of nitrogens with one attached hydrogen (secondary N) is 2. The van der Waals surface area contributed by atoms with Crippen molar-refractivity contribution in [3.8, 4) is 0 Å². The molecule has 0 bridgehead atoms. The minimum Gasteiger partial charge on any atom is -0.480 e. The number of hydrogen-bond acceptors (Lipinski definition) is 3. The largest absolute Gasteiger partial charge is 0.480 e. The first-order valence-electron chi connectivity index (χ1n) is 8.78. The molecule has 1 aromatic rings. The first kappa shape index (κ1) is 20.7. The molecule has 0 spiro atoms. The van der Waals surface area contributed by atoms with Gasteiger partial charge in [0.25, 0.3) is 0 Å². The first-order valence-corrected chi connectivity index (χ1v) is 8.78. The maximum absolute atomic E-state index is 12.5. The molecule has 6 nitrogen and oxygen atoms in total. The lowest BCUT2D eigenvalue weighted by atomic mass is 10.0. The van der Waals surface area contributed by atoms with Gasteiger partial charge in [-0.2, -0.15) is 0 Å². The normalized spacial score (nSPS) is 12.9. The summed E-state index contributed by atoms with van der Waals surface area (Å²) in [6.45, 7) is 3.42. The van der Waals surface area contributed by atoms with E-state index in [1.807, 2.05) is 30.3 Å². The van der Waals surface area contributed by atoms with Gasteiger partial charge in [0.2, 0.25) is 11.8 Å². The Labute approximate surface area is 149 Å². The van der Waals surface area contributed by atoms with Crippen molar-refractivity contribution in [1.82, 2.24) is 10.6 Å². The predicted molar refractivity (Wildman–Crippen MR) is 96.1 cm³/mol. The molecule has 0 aliphatic carbocycles. The van der Waals surface area contributed by atoms with Crippen molar-refractivity contribution in [2.45, 2.75) is 64.5 Å². The lowest BCUT2D eigenvalue weighted by Gasteiger charge is -2.21. The van der Waals surface area contributed by atoms with Gasteiger partial charge in [0, 0.05) is 13.3 Å². The van der Waals surface area contributed by atoms with Gasteiger partial charge >= 0.3 is 5.97 Å². The minimum absolute atomic E-state index is 0.314. The second-order valence-electron chi connectivity index (χ2n) is 6.19. The van der Waals surface area contributed by atoms with Gasteiger partial charge in [-0.15, -0.1) is 0 Å². The van der Waals surface area contributed by atoms with Crippen LogP contribution in [0.3, 0.4) is 0 Å². The zero-order chi connectivity index (χ0) is 18.7. The highest BCUT2D eigenvalue weighted by Crippen LogP contribution is 2.08. The third-order valence-corrected chi connectivity index (χ3v) is 3.94. The SMILES string of the molecule is CCCCCC[C@@H](NC(=O)[C@@H](Cc1ccccc1)NC(C)=O)C(=O)O. The standard InChI is InChI=1S/C19H28N2O4/c1-3-4-5-9-12-16(19(24)25)21-18(23)17(20-14(2)22)13-15-10-7-6-8-11-15/h6-8,10-11,16-17H,3-5,9,12-13H2,1-2H3,(H,20,22)(H,21,23)(H,24,25)/t16-,17-/m1/s1. The highest BCUT2D eigenvalue weighted by atomic mass is 16.4. The van der Waals surface area contributed by atoms with Gasteiger partial charge in [0.1, 0.15) is 12.1 Å². The molecule has 0 aromatic heterocycles. The van der Waals surface area contributed by atoms with Gasteiger partial charge in [0.05, 0.1) is 0 Å². The van der Waals surface area contributed by atoms with E-state index < -0.39 is 24.0 Å². The lowest BCUT2D eigenvalue weighted by molar-refractivity contribution is -0.142. The van der Waals surface area contributed by atoms with E-state index in [0.717, 1.165) is 31.2 Å². The molecule has 0 saturated heterocycles. The number of hydrogen-bond donors (Lipinski definition) is 3.